The molecule has 0 fully saturated rings. The van der Waals surface area contributed by atoms with Gasteiger partial charge in [0, 0.05) is 30.6 Å². The van der Waals surface area contributed by atoms with Crippen molar-refractivity contribution in [1.29, 1.82) is 0 Å². The van der Waals surface area contributed by atoms with Crippen molar-refractivity contribution in [2.75, 3.05) is 31.9 Å². The van der Waals surface area contributed by atoms with Crippen LogP contribution in [-0.4, -0.2) is 38.8 Å². The fraction of sp³-hybridized carbons (Fsp3) is 0.381. The van der Waals surface area contributed by atoms with E-state index < -0.39 is 5.41 Å². The maximum absolute atomic E-state index is 12.5. The number of rotatable bonds is 10. The molecule has 0 spiro atoms. The zero-order valence-electron chi connectivity index (χ0n) is 16.2. The summed E-state index contributed by atoms with van der Waals surface area (Å²) in [6.45, 7) is 4.23. The highest BCUT2D eigenvalue weighted by atomic mass is 32.2. The molecule has 0 heterocycles. The van der Waals surface area contributed by atoms with E-state index in [0.29, 0.717) is 12.4 Å². The molecule has 6 heteroatoms. The molecule has 0 atom stereocenters. The third-order valence-corrected chi connectivity index (χ3v) is 5.45. The molecule has 1 N–H and O–H groups in total. The van der Waals surface area contributed by atoms with Gasteiger partial charge in [0.25, 0.3) is 0 Å². The standard InChI is InChI=1S/C21H27NO4S/c1-21(2,20(23)22-16-8-6-5-7-9-16)15-27-18-12-10-17(11-13-18)26-14-19(24-3)25-4/h5-13,19H,14-15H2,1-4H3,(H,22,23). The van der Waals surface area contributed by atoms with Gasteiger partial charge in [-0.05, 0) is 36.4 Å². The van der Waals surface area contributed by atoms with E-state index >= 15 is 0 Å². The Hall–Kier alpha value is -2.02. The highest BCUT2D eigenvalue weighted by Gasteiger charge is 2.27. The zero-order valence-corrected chi connectivity index (χ0v) is 17.0. The van der Waals surface area contributed by atoms with Crippen molar-refractivity contribution in [3.63, 3.8) is 0 Å². The minimum Gasteiger partial charge on any atom is -0.488 e. The molecular formula is C21H27NO4S. The Kier molecular flexibility index (Phi) is 8.16. The van der Waals surface area contributed by atoms with E-state index in [2.05, 4.69) is 5.32 Å². The van der Waals surface area contributed by atoms with Gasteiger partial charge in [0.15, 0.2) is 6.29 Å². The van der Waals surface area contributed by atoms with Crippen LogP contribution in [-0.2, 0) is 14.3 Å². The van der Waals surface area contributed by atoms with Crippen molar-refractivity contribution in [2.45, 2.75) is 25.0 Å². The van der Waals surface area contributed by atoms with Crippen LogP contribution in [0.1, 0.15) is 13.8 Å². The van der Waals surface area contributed by atoms with Crippen molar-refractivity contribution in [3.05, 3.63) is 54.6 Å². The molecule has 0 bridgehead atoms. The molecule has 2 rings (SSSR count). The van der Waals surface area contributed by atoms with Crippen LogP contribution in [0.5, 0.6) is 5.75 Å². The largest absolute Gasteiger partial charge is 0.488 e. The average molecular weight is 390 g/mol. The van der Waals surface area contributed by atoms with Crippen LogP contribution in [0.25, 0.3) is 0 Å². The molecule has 0 unspecified atom stereocenters. The molecule has 0 aromatic heterocycles. The zero-order chi connectivity index (χ0) is 19.7. The molecule has 2 aromatic carbocycles. The minimum atomic E-state index is -0.500. The molecule has 0 aliphatic carbocycles. The van der Waals surface area contributed by atoms with Gasteiger partial charge in [0.2, 0.25) is 5.91 Å². The summed E-state index contributed by atoms with van der Waals surface area (Å²) in [7, 11) is 3.15. The van der Waals surface area contributed by atoms with Crippen LogP contribution in [0.2, 0.25) is 0 Å². The second-order valence-electron chi connectivity index (χ2n) is 6.68. The third-order valence-electron chi connectivity index (χ3n) is 3.98. The molecular weight excluding hydrogens is 362 g/mol. The predicted molar refractivity (Wildman–Crippen MR) is 109 cm³/mol. The Balaban J connectivity index is 1.84. The predicted octanol–water partition coefficient (Wildman–Crippen LogP) is 4.44. The lowest BCUT2D eigenvalue weighted by Crippen LogP contribution is -2.32. The first-order chi connectivity index (χ1) is 12.9. The Morgan fingerprint density at radius 3 is 2.26 bits per heavy atom. The number of carbonyl (C=O) groups excluding carboxylic acids is 1. The first-order valence-corrected chi connectivity index (χ1v) is 9.71. The molecule has 1 amide bonds. The number of para-hydroxylation sites is 1. The lowest BCUT2D eigenvalue weighted by Gasteiger charge is -2.23. The summed E-state index contributed by atoms with van der Waals surface area (Å²) in [5, 5.41) is 2.97. The van der Waals surface area contributed by atoms with E-state index in [4.69, 9.17) is 14.2 Å². The monoisotopic (exact) mass is 389 g/mol. The Morgan fingerprint density at radius 2 is 1.67 bits per heavy atom. The summed E-state index contributed by atoms with van der Waals surface area (Å²) in [6.07, 6.45) is -0.386. The summed E-state index contributed by atoms with van der Waals surface area (Å²) >= 11 is 1.64. The van der Waals surface area contributed by atoms with Gasteiger partial charge in [-0.1, -0.05) is 32.0 Å². The normalized spacial score (nSPS) is 11.4. The summed E-state index contributed by atoms with van der Waals surface area (Å²) < 4.78 is 15.8. The van der Waals surface area contributed by atoms with Crippen LogP contribution in [0, 0.1) is 5.41 Å². The molecule has 5 nitrogen and oxygen atoms in total. The summed E-state index contributed by atoms with van der Waals surface area (Å²) in [4.78, 5) is 13.6. The number of anilines is 1. The van der Waals surface area contributed by atoms with E-state index in [-0.39, 0.29) is 12.2 Å². The maximum Gasteiger partial charge on any atom is 0.230 e. The van der Waals surface area contributed by atoms with Gasteiger partial charge in [-0.3, -0.25) is 4.79 Å². The number of hydrogen-bond donors (Lipinski definition) is 1. The van der Waals surface area contributed by atoms with E-state index in [0.717, 1.165) is 16.3 Å². The summed E-state index contributed by atoms with van der Waals surface area (Å²) in [6, 6.07) is 17.3. The van der Waals surface area contributed by atoms with Crippen LogP contribution in [0.4, 0.5) is 5.69 Å². The van der Waals surface area contributed by atoms with Crippen molar-refractivity contribution < 1.29 is 19.0 Å². The number of benzene rings is 2. The number of nitrogens with one attached hydrogen (secondary N) is 1. The van der Waals surface area contributed by atoms with Gasteiger partial charge in [-0.25, -0.2) is 0 Å². The van der Waals surface area contributed by atoms with Crippen LogP contribution in [0.3, 0.4) is 0 Å². The number of methoxy groups -OCH3 is 2. The number of carbonyl (C=O) groups is 1. The second-order valence-corrected chi connectivity index (χ2v) is 7.72. The SMILES string of the molecule is COC(COc1ccc(SCC(C)(C)C(=O)Nc2ccccc2)cc1)OC. The fourth-order valence-electron chi connectivity index (χ4n) is 2.18. The van der Waals surface area contributed by atoms with Gasteiger partial charge < -0.3 is 19.5 Å². The fourth-order valence-corrected chi connectivity index (χ4v) is 3.17. The Bertz CT molecular complexity index is 700. The maximum atomic E-state index is 12.5. The molecule has 0 saturated carbocycles. The molecule has 27 heavy (non-hydrogen) atoms. The van der Waals surface area contributed by atoms with Gasteiger partial charge in [0.05, 0.1) is 5.41 Å². The van der Waals surface area contributed by atoms with Crippen molar-refractivity contribution in [2.24, 2.45) is 5.41 Å². The van der Waals surface area contributed by atoms with Gasteiger partial charge in [-0.15, -0.1) is 11.8 Å². The first-order valence-electron chi connectivity index (χ1n) is 8.72. The average Bonchev–Trinajstić information content (AvgIpc) is 2.69. The number of hydrogen-bond acceptors (Lipinski definition) is 5. The third kappa shape index (κ3) is 6.90. The molecule has 0 aliphatic heterocycles. The van der Waals surface area contributed by atoms with Gasteiger partial charge >= 0.3 is 0 Å². The van der Waals surface area contributed by atoms with Crippen LogP contribution < -0.4 is 10.1 Å². The summed E-state index contributed by atoms with van der Waals surface area (Å²) in [5.74, 6) is 1.42. The smallest absolute Gasteiger partial charge is 0.230 e. The Labute approximate surface area is 165 Å². The number of amides is 1. The van der Waals surface area contributed by atoms with E-state index in [1.165, 1.54) is 0 Å². The lowest BCUT2D eigenvalue weighted by atomic mass is 9.95. The van der Waals surface area contributed by atoms with E-state index in [1.54, 1.807) is 26.0 Å². The van der Waals surface area contributed by atoms with Gasteiger partial charge in [-0.2, -0.15) is 0 Å². The summed E-state index contributed by atoms with van der Waals surface area (Å²) in [5.41, 5.74) is 0.312. The molecule has 146 valence electrons. The quantitative estimate of drug-likeness (QED) is 0.481. The molecule has 0 radical (unpaired) electrons. The highest BCUT2D eigenvalue weighted by molar-refractivity contribution is 7.99. The van der Waals surface area contributed by atoms with Crippen LogP contribution >= 0.6 is 11.8 Å². The van der Waals surface area contributed by atoms with Crippen molar-refractivity contribution in [3.8, 4) is 5.75 Å². The molecule has 0 aliphatic rings. The molecule has 2 aromatic rings. The van der Waals surface area contributed by atoms with E-state index in [1.807, 2.05) is 68.4 Å². The van der Waals surface area contributed by atoms with E-state index in [9.17, 15) is 4.79 Å². The lowest BCUT2D eigenvalue weighted by molar-refractivity contribution is -0.122. The van der Waals surface area contributed by atoms with Gasteiger partial charge in [0.1, 0.15) is 12.4 Å². The topological polar surface area (TPSA) is 56.8 Å². The number of ether oxygens (including phenoxy) is 3. The second kappa shape index (κ2) is 10.3. The first kappa shape index (κ1) is 21.3. The number of thioether (sulfide) groups is 1. The van der Waals surface area contributed by atoms with Crippen molar-refractivity contribution >= 4 is 23.4 Å². The minimum absolute atomic E-state index is 0.00586. The Morgan fingerprint density at radius 1 is 1.04 bits per heavy atom. The highest BCUT2D eigenvalue weighted by Crippen LogP contribution is 2.30. The molecule has 0 saturated heterocycles. The van der Waals surface area contributed by atoms with Crippen LogP contribution in [0.15, 0.2) is 59.5 Å². The van der Waals surface area contributed by atoms with Crippen molar-refractivity contribution in [1.82, 2.24) is 0 Å².